The number of nitrogen functional groups attached to an aromatic ring is 1. The highest BCUT2D eigenvalue weighted by molar-refractivity contribution is 6.00. The van der Waals surface area contributed by atoms with Crippen molar-refractivity contribution in [2.24, 2.45) is 0 Å². The van der Waals surface area contributed by atoms with Gasteiger partial charge in [-0.15, -0.1) is 0 Å². The second-order valence-electron chi connectivity index (χ2n) is 7.95. The van der Waals surface area contributed by atoms with Crippen LogP contribution in [0, 0.1) is 0 Å². The van der Waals surface area contributed by atoms with E-state index in [1.807, 2.05) is 45.0 Å². The van der Waals surface area contributed by atoms with E-state index in [-0.39, 0.29) is 12.5 Å². The standard InChI is InChI=1S/C20H23N5O3/c1-20(2,3)28-19(27)24-9-8-13-16(11-24)23-25(17(13)21)18(26)15-10-12-6-4-5-7-14(12)22-15/h4-7,10,22H,8-9,11,21H2,1-3H3. The molecule has 0 bridgehead atoms. The van der Waals surface area contributed by atoms with Crippen LogP contribution in [-0.4, -0.2) is 43.8 Å². The Labute approximate surface area is 162 Å². The fourth-order valence-electron chi connectivity index (χ4n) is 3.36. The van der Waals surface area contributed by atoms with Crippen molar-refractivity contribution in [2.45, 2.75) is 39.3 Å². The van der Waals surface area contributed by atoms with Crippen LogP contribution in [0.3, 0.4) is 0 Å². The van der Waals surface area contributed by atoms with Crippen LogP contribution < -0.4 is 5.73 Å². The van der Waals surface area contributed by atoms with Gasteiger partial charge in [-0.05, 0) is 39.3 Å². The van der Waals surface area contributed by atoms with Crippen molar-refractivity contribution in [2.75, 3.05) is 12.3 Å². The Morgan fingerprint density at radius 3 is 2.71 bits per heavy atom. The number of nitrogens with one attached hydrogen (secondary N) is 1. The number of ether oxygens (including phenoxy) is 1. The van der Waals surface area contributed by atoms with Crippen molar-refractivity contribution in [1.29, 1.82) is 0 Å². The molecule has 0 atom stereocenters. The van der Waals surface area contributed by atoms with Gasteiger partial charge < -0.3 is 20.4 Å². The second-order valence-corrected chi connectivity index (χ2v) is 7.95. The van der Waals surface area contributed by atoms with Crippen molar-refractivity contribution in [3.63, 3.8) is 0 Å². The second kappa shape index (κ2) is 6.40. The smallest absolute Gasteiger partial charge is 0.410 e. The van der Waals surface area contributed by atoms with Gasteiger partial charge in [-0.25, -0.2) is 4.79 Å². The molecule has 0 aliphatic carbocycles. The molecule has 1 aliphatic rings. The van der Waals surface area contributed by atoms with E-state index in [0.29, 0.717) is 30.2 Å². The van der Waals surface area contributed by atoms with Gasteiger partial charge in [-0.3, -0.25) is 4.79 Å². The van der Waals surface area contributed by atoms with Crippen molar-refractivity contribution in [1.82, 2.24) is 19.7 Å². The fourth-order valence-corrected chi connectivity index (χ4v) is 3.36. The van der Waals surface area contributed by atoms with E-state index >= 15 is 0 Å². The van der Waals surface area contributed by atoms with Crippen molar-refractivity contribution in [3.8, 4) is 0 Å². The Hall–Kier alpha value is -3.29. The number of hydrogen-bond donors (Lipinski definition) is 2. The summed E-state index contributed by atoms with van der Waals surface area (Å²) in [4.78, 5) is 30.0. The summed E-state index contributed by atoms with van der Waals surface area (Å²) in [5.74, 6) is -0.00517. The molecule has 0 fully saturated rings. The third-order valence-corrected chi connectivity index (χ3v) is 4.68. The Balaban J connectivity index is 1.60. The number of aromatic amines is 1. The van der Waals surface area contributed by atoms with Gasteiger partial charge in [0.05, 0.1) is 12.2 Å². The molecule has 3 aromatic rings. The molecular weight excluding hydrogens is 358 g/mol. The number of benzene rings is 1. The van der Waals surface area contributed by atoms with E-state index in [0.717, 1.165) is 16.5 Å². The van der Waals surface area contributed by atoms with Gasteiger partial charge >= 0.3 is 6.09 Å². The van der Waals surface area contributed by atoms with Gasteiger partial charge in [0.25, 0.3) is 5.91 Å². The van der Waals surface area contributed by atoms with Crippen LogP contribution in [0.4, 0.5) is 10.6 Å². The minimum atomic E-state index is -0.568. The molecule has 1 aliphatic heterocycles. The Kier molecular flexibility index (Phi) is 4.14. The number of anilines is 1. The van der Waals surface area contributed by atoms with E-state index in [4.69, 9.17) is 10.5 Å². The van der Waals surface area contributed by atoms with Crippen LogP contribution in [0.5, 0.6) is 0 Å². The average Bonchev–Trinajstić information content (AvgIpc) is 3.21. The zero-order chi connectivity index (χ0) is 20.1. The quantitative estimate of drug-likeness (QED) is 0.674. The van der Waals surface area contributed by atoms with Crippen molar-refractivity contribution in [3.05, 3.63) is 47.3 Å². The van der Waals surface area contributed by atoms with E-state index in [1.54, 1.807) is 11.0 Å². The Morgan fingerprint density at radius 2 is 2.00 bits per heavy atom. The third-order valence-electron chi connectivity index (χ3n) is 4.68. The molecule has 8 nitrogen and oxygen atoms in total. The maximum absolute atomic E-state index is 12.9. The van der Waals surface area contributed by atoms with E-state index in [1.165, 1.54) is 4.68 Å². The number of fused-ring (bicyclic) bond motifs is 2. The molecule has 0 unspecified atom stereocenters. The van der Waals surface area contributed by atoms with Crippen LogP contribution in [-0.2, 0) is 17.7 Å². The molecule has 146 valence electrons. The summed E-state index contributed by atoms with van der Waals surface area (Å²) in [6.45, 7) is 6.21. The van der Waals surface area contributed by atoms with Crippen molar-refractivity contribution >= 4 is 28.7 Å². The summed E-state index contributed by atoms with van der Waals surface area (Å²) >= 11 is 0. The molecule has 1 aromatic carbocycles. The van der Waals surface area contributed by atoms with Gasteiger partial charge in [0.2, 0.25) is 0 Å². The number of rotatable bonds is 1. The van der Waals surface area contributed by atoms with E-state index in [2.05, 4.69) is 10.1 Å². The molecule has 3 heterocycles. The minimum absolute atomic E-state index is 0.265. The zero-order valence-electron chi connectivity index (χ0n) is 16.2. The lowest BCUT2D eigenvalue weighted by Crippen LogP contribution is -2.39. The lowest BCUT2D eigenvalue weighted by Gasteiger charge is -2.29. The van der Waals surface area contributed by atoms with Gasteiger partial charge in [-0.2, -0.15) is 9.78 Å². The number of carbonyl (C=O) groups is 2. The molecule has 2 aromatic heterocycles. The SMILES string of the molecule is CC(C)(C)OC(=O)N1CCc2c(nn(C(=O)c3cc4ccccc4[nH]3)c2N)C1. The van der Waals surface area contributed by atoms with Crippen LogP contribution >= 0.6 is 0 Å². The van der Waals surface area contributed by atoms with Crippen LogP contribution in [0.15, 0.2) is 30.3 Å². The number of carbonyl (C=O) groups excluding carboxylic acids is 2. The van der Waals surface area contributed by atoms with Gasteiger partial charge in [0.1, 0.15) is 17.1 Å². The van der Waals surface area contributed by atoms with E-state index in [9.17, 15) is 9.59 Å². The van der Waals surface area contributed by atoms with E-state index < -0.39 is 11.7 Å². The number of nitrogens with zero attached hydrogens (tertiary/aromatic N) is 3. The maximum Gasteiger partial charge on any atom is 0.410 e. The van der Waals surface area contributed by atoms with Gasteiger partial charge in [0, 0.05) is 23.0 Å². The number of aromatic nitrogens is 3. The first-order valence-electron chi connectivity index (χ1n) is 9.19. The minimum Gasteiger partial charge on any atom is -0.444 e. The van der Waals surface area contributed by atoms with Crippen molar-refractivity contribution < 1.29 is 14.3 Å². The number of amides is 1. The first-order chi connectivity index (χ1) is 13.2. The molecule has 0 radical (unpaired) electrons. The van der Waals surface area contributed by atoms with Gasteiger partial charge in [0.15, 0.2) is 0 Å². The fraction of sp³-hybridized carbons (Fsp3) is 0.350. The highest BCUT2D eigenvalue weighted by Gasteiger charge is 2.30. The monoisotopic (exact) mass is 381 g/mol. The average molecular weight is 381 g/mol. The lowest BCUT2D eigenvalue weighted by molar-refractivity contribution is 0.0221. The largest absolute Gasteiger partial charge is 0.444 e. The number of H-pyrrole nitrogens is 1. The predicted molar refractivity (Wildman–Crippen MR) is 105 cm³/mol. The van der Waals surface area contributed by atoms with Crippen LogP contribution in [0.25, 0.3) is 10.9 Å². The molecule has 8 heteroatoms. The normalized spacial score (nSPS) is 14.2. The molecule has 1 amide bonds. The van der Waals surface area contributed by atoms with Crippen LogP contribution in [0.2, 0.25) is 0 Å². The summed E-state index contributed by atoms with van der Waals surface area (Å²) in [5.41, 5.74) is 8.36. The Morgan fingerprint density at radius 1 is 1.25 bits per heavy atom. The Bertz CT molecular complexity index is 1040. The highest BCUT2D eigenvalue weighted by Crippen LogP contribution is 2.26. The number of para-hydroxylation sites is 1. The first-order valence-corrected chi connectivity index (χ1v) is 9.19. The van der Waals surface area contributed by atoms with Gasteiger partial charge in [-0.1, -0.05) is 18.2 Å². The molecule has 0 spiro atoms. The summed E-state index contributed by atoms with van der Waals surface area (Å²) in [7, 11) is 0. The molecule has 3 N–H and O–H groups in total. The maximum atomic E-state index is 12.9. The molecule has 0 saturated carbocycles. The summed E-state index contributed by atoms with van der Waals surface area (Å²) in [6, 6.07) is 9.43. The molecule has 28 heavy (non-hydrogen) atoms. The summed E-state index contributed by atoms with van der Waals surface area (Å²) in [6.07, 6.45) is 0.133. The lowest BCUT2D eigenvalue weighted by atomic mass is 10.1. The third kappa shape index (κ3) is 3.21. The van der Waals surface area contributed by atoms with Crippen LogP contribution in [0.1, 0.15) is 42.5 Å². The number of hydrogen-bond acceptors (Lipinski definition) is 5. The highest BCUT2D eigenvalue weighted by atomic mass is 16.6. The number of nitrogens with two attached hydrogens (primary N) is 1. The zero-order valence-corrected chi connectivity index (χ0v) is 16.2. The summed E-state index contributed by atoms with van der Waals surface area (Å²) in [5, 5.41) is 5.34. The molecule has 0 saturated heterocycles. The first kappa shape index (κ1) is 18.1. The predicted octanol–water partition coefficient (Wildman–Crippen LogP) is 2.93. The molecular formula is C20H23N5O3. The molecule has 4 rings (SSSR count). The topological polar surface area (TPSA) is 106 Å². The summed E-state index contributed by atoms with van der Waals surface area (Å²) < 4.78 is 6.65.